The van der Waals surface area contributed by atoms with Crippen molar-refractivity contribution < 1.29 is 13.5 Å². The number of aliphatic hydroxyl groups is 1. The van der Waals surface area contributed by atoms with Crippen LogP contribution in [0.15, 0.2) is 0 Å². The second-order valence-electron chi connectivity index (χ2n) is 6.99. The predicted molar refractivity (Wildman–Crippen MR) is 84.7 cm³/mol. The normalized spacial score (nSPS) is 28.6. The molecule has 0 aromatic heterocycles. The zero-order chi connectivity index (χ0) is 15.5. The van der Waals surface area contributed by atoms with Crippen molar-refractivity contribution >= 4 is 10.0 Å². The summed E-state index contributed by atoms with van der Waals surface area (Å²) >= 11 is 0. The lowest BCUT2D eigenvalue weighted by Crippen LogP contribution is -2.51. The standard InChI is InChI=1S/C15H30N2O3S/c1-3-15(2,18)12-17-10-6-9-14(11-17)21(19,20)16-13-7-4-5-8-13/h13-14,16,18H,3-12H2,1-2H3/t14-,15-/m0/s1. The SMILES string of the molecule is CC[C@](C)(O)CN1CCC[C@H](S(=O)(=O)NC2CCCC2)C1. The van der Waals surface area contributed by atoms with Crippen LogP contribution in [-0.4, -0.2) is 55.0 Å². The maximum Gasteiger partial charge on any atom is 0.215 e. The van der Waals surface area contributed by atoms with E-state index in [9.17, 15) is 13.5 Å². The first-order chi connectivity index (χ1) is 9.82. The van der Waals surface area contributed by atoms with E-state index in [0.717, 1.165) is 45.1 Å². The van der Waals surface area contributed by atoms with Gasteiger partial charge in [0, 0.05) is 19.1 Å². The summed E-state index contributed by atoms with van der Waals surface area (Å²) in [4.78, 5) is 2.10. The van der Waals surface area contributed by atoms with Gasteiger partial charge in [-0.25, -0.2) is 13.1 Å². The van der Waals surface area contributed by atoms with E-state index >= 15 is 0 Å². The molecule has 21 heavy (non-hydrogen) atoms. The third kappa shape index (κ3) is 4.91. The van der Waals surface area contributed by atoms with Crippen LogP contribution in [0, 0.1) is 0 Å². The van der Waals surface area contributed by atoms with Crippen LogP contribution >= 0.6 is 0 Å². The summed E-state index contributed by atoms with van der Waals surface area (Å²) in [6.45, 7) is 5.75. The molecule has 0 spiro atoms. The van der Waals surface area contributed by atoms with Crippen LogP contribution in [-0.2, 0) is 10.0 Å². The molecule has 2 rings (SSSR count). The highest BCUT2D eigenvalue weighted by atomic mass is 32.2. The van der Waals surface area contributed by atoms with Gasteiger partial charge >= 0.3 is 0 Å². The number of sulfonamides is 1. The van der Waals surface area contributed by atoms with E-state index in [0.29, 0.717) is 19.5 Å². The number of piperidine rings is 1. The highest BCUT2D eigenvalue weighted by molar-refractivity contribution is 7.90. The Kier molecular flexibility index (Phi) is 5.68. The van der Waals surface area contributed by atoms with Gasteiger partial charge in [0.1, 0.15) is 0 Å². The third-order valence-electron chi connectivity index (χ3n) is 4.91. The van der Waals surface area contributed by atoms with E-state index in [1.807, 2.05) is 13.8 Å². The van der Waals surface area contributed by atoms with Crippen molar-refractivity contribution in [2.45, 2.75) is 75.7 Å². The van der Waals surface area contributed by atoms with Crippen molar-refractivity contribution in [3.8, 4) is 0 Å². The van der Waals surface area contributed by atoms with Crippen LogP contribution in [0.3, 0.4) is 0 Å². The average Bonchev–Trinajstić information content (AvgIpc) is 2.91. The Morgan fingerprint density at radius 1 is 1.24 bits per heavy atom. The second-order valence-corrected chi connectivity index (χ2v) is 8.99. The maximum absolute atomic E-state index is 12.5. The quantitative estimate of drug-likeness (QED) is 0.778. The van der Waals surface area contributed by atoms with Crippen LogP contribution in [0.25, 0.3) is 0 Å². The van der Waals surface area contributed by atoms with Crippen LogP contribution < -0.4 is 4.72 Å². The lowest BCUT2D eigenvalue weighted by Gasteiger charge is -2.37. The Balaban J connectivity index is 1.93. The van der Waals surface area contributed by atoms with Crippen LogP contribution in [0.1, 0.15) is 58.8 Å². The number of nitrogens with one attached hydrogen (secondary N) is 1. The Bertz CT molecular complexity index is 430. The van der Waals surface area contributed by atoms with Crippen molar-refractivity contribution in [3.05, 3.63) is 0 Å². The van der Waals surface area contributed by atoms with Crippen molar-refractivity contribution in [1.29, 1.82) is 0 Å². The largest absolute Gasteiger partial charge is 0.389 e. The molecular formula is C15H30N2O3S. The first-order valence-electron chi connectivity index (χ1n) is 8.28. The highest BCUT2D eigenvalue weighted by Crippen LogP contribution is 2.23. The summed E-state index contributed by atoms with van der Waals surface area (Å²) in [7, 11) is -3.24. The molecule has 2 N–H and O–H groups in total. The molecule has 1 saturated carbocycles. The molecule has 1 aliphatic carbocycles. The fourth-order valence-corrected chi connectivity index (χ4v) is 5.15. The molecule has 2 fully saturated rings. The lowest BCUT2D eigenvalue weighted by atomic mass is 10.0. The first-order valence-corrected chi connectivity index (χ1v) is 9.83. The number of β-amino-alcohol motifs (C(OH)–C–C–N with tert-alkyl or cyclic N) is 1. The molecule has 5 nitrogen and oxygen atoms in total. The van der Waals surface area contributed by atoms with E-state index in [1.165, 1.54) is 0 Å². The molecule has 0 aromatic rings. The second kappa shape index (κ2) is 6.94. The number of likely N-dealkylation sites (tertiary alicyclic amines) is 1. The van der Waals surface area contributed by atoms with Gasteiger partial charge in [-0.15, -0.1) is 0 Å². The maximum atomic E-state index is 12.5. The number of hydrogen-bond acceptors (Lipinski definition) is 4. The van der Waals surface area contributed by atoms with Crippen molar-refractivity contribution in [1.82, 2.24) is 9.62 Å². The molecular weight excluding hydrogens is 288 g/mol. The predicted octanol–water partition coefficient (Wildman–Crippen LogP) is 1.47. The first kappa shape index (κ1) is 17.2. The van der Waals surface area contributed by atoms with Gasteiger partial charge in [0.2, 0.25) is 10.0 Å². The molecule has 0 amide bonds. The van der Waals surface area contributed by atoms with Gasteiger partial charge in [-0.3, -0.25) is 4.90 Å². The Morgan fingerprint density at radius 2 is 1.90 bits per heavy atom. The van der Waals surface area contributed by atoms with Crippen molar-refractivity contribution in [2.75, 3.05) is 19.6 Å². The Labute approximate surface area is 129 Å². The summed E-state index contributed by atoms with van der Waals surface area (Å²) in [6, 6.07) is 0.143. The van der Waals surface area contributed by atoms with E-state index in [1.54, 1.807) is 0 Å². The third-order valence-corrected chi connectivity index (χ3v) is 6.84. The summed E-state index contributed by atoms with van der Waals surface area (Å²) < 4.78 is 27.9. The van der Waals surface area contributed by atoms with Crippen molar-refractivity contribution in [2.24, 2.45) is 0 Å². The van der Waals surface area contributed by atoms with E-state index < -0.39 is 15.6 Å². The minimum Gasteiger partial charge on any atom is -0.389 e. The van der Waals surface area contributed by atoms with Crippen LogP contribution in [0.2, 0.25) is 0 Å². The highest BCUT2D eigenvalue weighted by Gasteiger charge is 2.34. The van der Waals surface area contributed by atoms with Gasteiger partial charge in [0.25, 0.3) is 0 Å². The lowest BCUT2D eigenvalue weighted by molar-refractivity contribution is 0.0116. The smallest absolute Gasteiger partial charge is 0.215 e. The van der Waals surface area contributed by atoms with Gasteiger partial charge < -0.3 is 5.11 Å². The number of nitrogens with zero attached hydrogens (tertiary/aromatic N) is 1. The van der Waals surface area contributed by atoms with Gasteiger partial charge in [-0.1, -0.05) is 19.8 Å². The summed E-state index contributed by atoms with van der Waals surface area (Å²) in [5.74, 6) is 0. The molecule has 0 unspecified atom stereocenters. The Hall–Kier alpha value is -0.170. The molecule has 1 heterocycles. The summed E-state index contributed by atoms with van der Waals surface area (Å²) in [6.07, 6.45) is 6.50. The molecule has 1 aliphatic heterocycles. The minimum atomic E-state index is -3.24. The summed E-state index contributed by atoms with van der Waals surface area (Å²) in [5, 5.41) is 9.85. The van der Waals surface area contributed by atoms with Gasteiger partial charge in [-0.05, 0) is 45.6 Å². The molecule has 2 aliphatic rings. The minimum absolute atomic E-state index is 0.143. The number of rotatable bonds is 6. The van der Waals surface area contributed by atoms with Crippen molar-refractivity contribution in [3.63, 3.8) is 0 Å². The average molecular weight is 318 g/mol. The zero-order valence-electron chi connectivity index (χ0n) is 13.3. The molecule has 1 saturated heterocycles. The van der Waals surface area contributed by atoms with Gasteiger partial charge in [0.05, 0.1) is 10.9 Å². The fraction of sp³-hybridized carbons (Fsp3) is 1.00. The fourth-order valence-electron chi connectivity index (χ4n) is 3.38. The molecule has 0 radical (unpaired) electrons. The van der Waals surface area contributed by atoms with E-state index in [-0.39, 0.29) is 11.3 Å². The molecule has 2 atom stereocenters. The number of hydrogen-bond donors (Lipinski definition) is 2. The van der Waals surface area contributed by atoms with Crippen LogP contribution in [0.4, 0.5) is 0 Å². The zero-order valence-corrected chi connectivity index (χ0v) is 14.2. The monoisotopic (exact) mass is 318 g/mol. The van der Waals surface area contributed by atoms with E-state index in [2.05, 4.69) is 9.62 Å². The molecule has 124 valence electrons. The molecule has 6 heteroatoms. The Morgan fingerprint density at radius 3 is 2.52 bits per heavy atom. The molecule has 0 bridgehead atoms. The topological polar surface area (TPSA) is 69.6 Å². The summed E-state index contributed by atoms with van der Waals surface area (Å²) in [5.41, 5.74) is -0.732. The van der Waals surface area contributed by atoms with Crippen LogP contribution in [0.5, 0.6) is 0 Å². The van der Waals surface area contributed by atoms with Gasteiger partial charge in [0.15, 0.2) is 0 Å². The molecule has 0 aromatic carbocycles. The van der Waals surface area contributed by atoms with Gasteiger partial charge in [-0.2, -0.15) is 0 Å². The van der Waals surface area contributed by atoms with E-state index in [4.69, 9.17) is 0 Å².